The predicted molar refractivity (Wildman–Crippen MR) is 167 cm³/mol. The quantitative estimate of drug-likeness (QED) is 0.300. The second-order valence-corrected chi connectivity index (χ2v) is 23.7. The van der Waals surface area contributed by atoms with Gasteiger partial charge >= 0.3 is 0 Å². The van der Waals surface area contributed by atoms with Crippen LogP contribution >= 0.6 is 0 Å². The lowest BCUT2D eigenvalue weighted by atomic mass is 10.2. The van der Waals surface area contributed by atoms with E-state index >= 15 is 0 Å². The molecule has 0 saturated carbocycles. The first-order valence-corrected chi connectivity index (χ1v) is 19.5. The third kappa shape index (κ3) is 8.27. The summed E-state index contributed by atoms with van der Waals surface area (Å²) in [7, 11) is -5.61. The Balaban J connectivity index is 2.53. The summed E-state index contributed by atoms with van der Waals surface area (Å²) in [5, 5.41) is 2.39. The zero-order valence-corrected chi connectivity index (χ0v) is 27.0. The Morgan fingerprint density at radius 1 is 0.919 bits per heavy atom. The lowest BCUT2D eigenvalue weighted by Crippen LogP contribution is -2.66. The van der Waals surface area contributed by atoms with Crippen LogP contribution in [0.15, 0.2) is 60.7 Å². The number of hydrogen-bond acceptors (Lipinski definition) is 2. The van der Waals surface area contributed by atoms with Gasteiger partial charge in [0.15, 0.2) is 0 Å². The first kappa shape index (κ1) is 31.3. The fourth-order valence-corrected chi connectivity index (χ4v) is 10.9. The molecule has 0 aliphatic heterocycles. The predicted octanol–water partition coefficient (Wildman–Crippen LogP) is 5.60. The fourth-order valence-electron chi connectivity index (χ4n) is 4.40. The number of hydrogen-bond donors (Lipinski definition) is 0. The third-order valence-electron chi connectivity index (χ3n) is 6.07. The molecule has 0 aliphatic carbocycles. The molecule has 0 N–H and O–H groups in total. The van der Waals surface area contributed by atoms with Gasteiger partial charge in [-0.1, -0.05) is 113 Å². The Bertz CT molecular complexity index is 1090. The van der Waals surface area contributed by atoms with Crippen molar-refractivity contribution in [3.63, 3.8) is 0 Å². The number of nitrogens with zero attached hydrogens (tertiary/aromatic N) is 1. The molecule has 0 heterocycles. The van der Waals surface area contributed by atoms with Crippen molar-refractivity contribution in [1.29, 1.82) is 0 Å². The SMILES string of the molecule is C#CCN(C(C#C[Si](C)(C)C)CCO[Si](c1ccccc1)(c1ccccc1)C(C)(C)C)[S@](=O)C(C)(C)C. The molecule has 37 heavy (non-hydrogen) atoms. The van der Waals surface area contributed by atoms with Crippen molar-refractivity contribution in [2.24, 2.45) is 0 Å². The van der Waals surface area contributed by atoms with Gasteiger partial charge < -0.3 is 4.43 Å². The summed E-state index contributed by atoms with van der Waals surface area (Å²) < 4.78 is 22.1. The molecular formula is C31H45NO2SSi2. The summed E-state index contributed by atoms with van der Waals surface area (Å²) >= 11 is 0. The average Bonchev–Trinajstić information content (AvgIpc) is 2.81. The maximum atomic E-state index is 13.5. The van der Waals surface area contributed by atoms with E-state index in [-0.39, 0.29) is 17.6 Å². The maximum Gasteiger partial charge on any atom is 0.261 e. The molecule has 0 amide bonds. The Labute approximate surface area is 231 Å². The standard InChI is InChI=1S/C31H45NO2SSi2/c1-11-24-32(35(33)30(2,3)4)27(23-26-36(8,9)10)22-25-34-37(31(5,6)7,28-18-14-12-15-19-28)29-20-16-13-17-21-29/h1,12-21,27H,22,24-25H2,2-10H3/t27?,35-/m1/s1. The van der Waals surface area contributed by atoms with Gasteiger partial charge in [0.25, 0.3) is 8.32 Å². The summed E-state index contributed by atoms with van der Waals surface area (Å²) in [6.45, 7) is 20.2. The minimum Gasteiger partial charge on any atom is -0.407 e. The minimum absolute atomic E-state index is 0.109. The highest BCUT2D eigenvalue weighted by molar-refractivity contribution is 7.84. The van der Waals surface area contributed by atoms with Gasteiger partial charge in [-0.2, -0.15) is 4.31 Å². The number of benzene rings is 2. The summed E-state index contributed by atoms with van der Waals surface area (Å²) in [6, 6.07) is 21.0. The molecule has 0 fully saturated rings. The van der Waals surface area contributed by atoms with E-state index in [0.717, 1.165) is 0 Å². The monoisotopic (exact) mass is 551 g/mol. The zero-order chi connectivity index (χ0) is 27.9. The van der Waals surface area contributed by atoms with E-state index in [2.05, 4.69) is 118 Å². The highest BCUT2D eigenvalue weighted by Gasteiger charge is 2.50. The largest absolute Gasteiger partial charge is 0.407 e. The van der Waals surface area contributed by atoms with Gasteiger partial charge in [-0.15, -0.1) is 12.0 Å². The van der Waals surface area contributed by atoms with E-state index < -0.39 is 32.1 Å². The summed E-state index contributed by atoms with van der Waals surface area (Å²) in [6.07, 6.45) is 6.38. The minimum atomic E-state index is -2.67. The van der Waals surface area contributed by atoms with Crippen LogP contribution in [0.5, 0.6) is 0 Å². The first-order valence-electron chi connectivity index (χ1n) is 13.0. The number of rotatable bonds is 9. The Hall–Kier alpha value is -1.94. The van der Waals surface area contributed by atoms with Crippen LogP contribution in [0.2, 0.25) is 24.7 Å². The lowest BCUT2D eigenvalue weighted by molar-refractivity contribution is 0.262. The van der Waals surface area contributed by atoms with Gasteiger partial charge in [0.1, 0.15) is 19.1 Å². The molecule has 6 heteroatoms. The van der Waals surface area contributed by atoms with Gasteiger partial charge in [0, 0.05) is 6.61 Å². The van der Waals surface area contributed by atoms with Gasteiger partial charge in [0.05, 0.1) is 17.3 Å². The first-order chi connectivity index (χ1) is 17.1. The molecular weight excluding hydrogens is 507 g/mol. The Kier molecular flexibility index (Phi) is 10.8. The molecule has 2 rings (SSSR count). The van der Waals surface area contributed by atoms with E-state index in [1.807, 2.05) is 25.1 Å². The molecule has 2 aromatic carbocycles. The summed E-state index contributed by atoms with van der Waals surface area (Å²) in [5.41, 5.74) is 3.51. The van der Waals surface area contributed by atoms with Crippen molar-refractivity contribution in [2.45, 2.75) is 83.4 Å². The smallest absolute Gasteiger partial charge is 0.261 e. The zero-order valence-electron chi connectivity index (χ0n) is 24.2. The van der Waals surface area contributed by atoms with Crippen LogP contribution in [0.1, 0.15) is 48.0 Å². The van der Waals surface area contributed by atoms with Crippen LogP contribution in [0.4, 0.5) is 0 Å². The molecule has 200 valence electrons. The highest BCUT2D eigenvalue weighted by Crippen LogP contribution is 2.37. The van der Waals surface area contributed by atoms with Crippen molar-refractivity contribution in [2.75, 3.05) is 13.2 Å². The lowest BCUT2D eigenvalue weighted by Gasteiger charge is -2.43. The second-order valence-electron chi connectivity index (χ2n) is 12.5. The van der Waals surface area contributed by atoms with E-state index in [9.17, 15) is 4.21 Å². The van der Waals surface area contributed by atoms with Crippen LogP contribution in [0, 0.1) is 23.8 Å². The third-order valence-corrected chi connectivity index (χ3v) is 13.9. The van der Waals surface area contributed by atoms with E-state index in [1.54, 1.807) is 0 Å². The van der Waals surface area contributed by atoms with Gasteiger partial charge in [-0.05, 0) is 42.6 Å². The molecule has 0 aliphatic rings. The normalized spacial score (nSPS) is 14.4. The van der Waals surface area contributed by atoms with Gasteiger partial charge in [-0.3, -0.25) is 0 Å². The van der Waals surface area contributed by atoms with Crippen LogP contribution in [-0.2, 0) is 15.4 Å². The molecule has 0 saturated heterocycles. The molecule has 1 unspecified atom stereocenters. The van der Waals surface area contributed by atoms with Gasteiger partial charge in [-0.25, -0.2) is 4.21 Å². The molecule has 0 bridgehead atoms. The fraction of sp³-hybridized carbons (Fsp3) is 0.484. The molecule has 0 spiro atoms. The highest BCUT2D eigenvalue weighted by atomic mass is 32.2. The molecule has 3 nitrogen and oxygen atoms in total. The van der Waals surface area contributed by atoms with E-state index in [1.165, 1.54) is 10.4 Å². The summed E-state index contributed by atoms with van der Waals surface area (Å²) in [4.78, 5) is 0. The number of terminal acetylenes is 1. The topological polar surface area (TPSA) is 29.5 Å². The maximum absolute atomic E-state index is 13.5. The Morgan fingerprint density at radius 2 is 1.41 bits per heavy atom. The van der Waals surface area contributed by atoms with E-state index in [4.69, 9.17) is 10.8 Å². The van der Waals surface area contributed by atoms with E-state index in [0.29, 0.717) is 13.0 Å². The van der Waals surface area contributed by atoms with Crippen LogP contribution < -0.4 is 10.4 Å². The molecule has 0 aromatic heterocycles. The summed E-state index contributed by atoms with van der Waals surface area (Å²) in [5.74, 6) is 6.21. The van der Waals surface area contributed by atoms with Crippen molar-refractivity contribution in [1.82, 2.24) is 4.31 Å². The van der Waals surface area contributed by atoms with Crippen LogP contribution in [0.3, 0.4) is 0 Å². The molecule has 2 atom stereocenters. The molecule has 2 aromatic rings. The van der Waals surface area contributed by atoms with Crippen LogP contribution in [-0.4, -0.2) is 48.8 Å². The van der Waals surface area contributed by atoms with Crippen molar-refractivity contribution >= 4 is 37.8 Å². The molecule has 0 radical (unpaired) electrons. The Morgan fingerprint density at radius 3 is 1.78 bits per heavy atom. The average molecular weight is 552 g/mol. The van der Waals surface area contributed by atoms with Crippen molar-refractivity contribution in [3.8, 4) is 23.8 Å². The van der Waals surface area contributed by atoms with Crippen molar-refractivity contribution in [3.05, 3.63) is 60.7 Å². The van der Waals surface area contributed by atoms with Crippen molar-refractivity contribution < 1.29 is 8.63 Å². The van der Waals surface area contributed by atoms with Gasteiger partial charge in [0.2, 0.25) is 0 Å². The van der Waals surface area contributed by atoms with Crippen LogP contribution in [0.25, 0.3) is 0 Å². The second kappa shape index (κ2) is 12.7.